The molecular weight excluding hydrogens is 232 g/mol. The van der Waals surface area contributed by atoms with Crippen LogP contribution in [0.1, 0.15) is 30.6 Å². The fourth-order valence-electron chi connectivity index (χ4n) is 2.31. The van der Waals surface area contributed by atoms with Crippen molar-refractivity contribution in [3.63, 3.8) is 0 Å². The van der Waals surface area contributed by atoms with Gasteiger partial charge in [-0.05, 0) is 31.3 Å². The zero-order valence-corrected chi connectivity index (χ0v) is 11.1. The standard InChI is InChI=1S/C13H20N2OS/c1-15(9-12-7-4-8-17-12)10-13(16)14-11-5-2-3-6-11/h4,7-8,11H,2-3,5-6,9-10H2,1H3,(H,14,16). The molecule has 0 radical (unpaired) electrons. The van der Waals surface area contributed by atoms with Crippen LogP contribution in [0.5, 0.6) is 0 Å². The summed E-state index contributed by atoms with van der Waals surface area (Å²) in [6.07, 6.45) is 4.83. The molecule has 0 saturated heterocycles. The summed E-state index contributed by atoms with van der Waals surface area (Å²) in [5.74, 6) is 0.163. The van der Waals surface area contributed by atoms with Crippen LogP contribution in [0.15, 0.2) is 17.5 Å². The number of amides is 1. The van der Waals surface area contributed by atoms with Crippen LogP contribution < -0.4 is 5.32 Å². The summed E-state index contributed by atoms with van der Waals surface area (Å²) in [5, 5.41) is 5.18. The van der Waals surface area contributed by atoms with E-state index in [2.05, 4.69) is 21.7 Å². The zero-order valence-electron chi connectivity index (χ0n) is 10.3. The average molecular weight is 252 g/mol. The molecule has 0 aliphatic heterocycles. The second-order valence-electron chi connectivity index (χ2n) is 4.80. The Bertz CT molecular complexity index is 344. The van der Waals surface area contributed by atoms with Crippen molar-refractivity contribution in [2.24, 2.45) is 0 Å². The van der Waals surface area contributed by atoms with Crippen LogP contribution in [0.4, 0.5) is 0 Å². The molecule has 1 amide bonds. The second-order valence-corrected chi connectivity index (χ2v) is 5.83. The molecule has 94 valence electrons. The van der Waals surface area contributed by atoms with Crippen LogP contribution >= 0.6 is 11.3 Å². The number of carbonyl (C=O) groups is 1. The van der Waals surface area contributed by atoms with Crippen molar-refractivity contribution in [2.75, 3.05) is 13.6 Å². The first kappa shape index (κ1) is 12.6. The van der Waals surface area contributed by atoms with Gasteiger partial charge in [-0.2, -0.15) is 0 Å². The Balaban J connectivity index is 1.70. The summed E-state index contributed by atoms with van der Waals surface area (Å²) in [6, 6.07) is 4.58. The van der Waals surface area contributed by atoms with Crippen molar-refractivity contribution in [3.8, 4) is 0 Å². The lowest BCUT2D eigenvalue weighted by Gasteiger charge is -2.17. The molecule has 3 nitrogen and oxygen atoms in total. The van der Waals surface area contributed by atoms with Gasteiger partial charge in [0.1, 0.15) is 0 Å². The van der Waals surface area contributed by atoms with E-state index in [0.29, 0.717) is 12.6 Å². The van der Waals surface area contributed by atoms with Gasteiger partial charge in [-0.1, -0.05) is 18.9 Å². The van der Waals surface area contributed by atoms with E-state index in [9.17, 15) is 4.79 Å². The highest BCUT2D eigenvalue weighted by molar-refractivity contribution is 7.09. The number of carbonyl (C=O) groups excluding carboxylic acids is 1. The van der Waals surface area contributed by atoms with Crippen LogP contribution in [-0.2, 0) is 11.3 Å². The van der Waals surface area contributed by atoms with Crippen LogP contribution in [0.25, 0.3) is 0 Å². The first-order valence-electron chi connectivity index (χ1n) is 6.24. The van der Waals surface area contributed by atoms with E-state index >= 15 is 0 Å². The molecule has 1 saturated carbocycles. The second kappa shape index (κ2) is 6.17. The largest absolute Gasteiger partial charge is 0.352 e. The molecule has 0 bridgehead atoms. The molecule has 0 atom stereocenters. The third-order valence-corrected chi connectivity index (χ3v) is 4.00. The minimum atomic E-state index is 0.163. The highest BCUT2D eigenvalue weighted by atomic mass is 32.1. The summed E-state index contributed by atoms with van der Waals surface area (Å²) in [4.78, 5) is 15.2. The molecule has 0 unspecified atom stereocenters. The van der Waals surface area contributed by atoms with E-state index in [1.165, 1.54) is 17.7 Å². The zero-order chi connectivity index (χ0) is 12.1. The SMILES string of the molecule is CN(CC(=O)NC1CCCC1)Cc1cccs1. The maximum Gasteiger partial charge on any atom is 0.234 e. The number of nitrogens with zero attached hydrogens (tertiary/aromatic N) is 1. The van der Waals surface area contributed by atoms with Crippen molar-refractivity contribution < 1.29 is 4.79 Å². The number of likely N-dealkylation sites (N-methyl/N-ethyl adjacent to an activating group) is 1. The van der Waals surface area contributed by atoms with Gasteiger partial charge >= 0.3 is 0 Å². The van der Waals surface area contributed by atoms with Crippen LogP contribution in [0.3, 0.4) is 0 Å². The lowest BCUT2D eigenvalue weighted by molar-refractivity contribution is -0.122. The van der Waals surface area contributed by atoms with Gasteiger partial charge in [0.25, 0.3) is 0 Å². The third kappa shape index (κ3) is 4.13. The van der Waals surface area contributed by atoms with Gasteiger partial charge in [0.05, 0.1) is 6.54 Å². The van der Waals surface area contributed by atoms with Gasteiger partial charge in [0.15, 0.2) is 0 Å². The van der Waals surface area contributed by atoms with E-state index in [1.54, 1.807) is 11.3 Å². The summed E-state index contributed by atoms with van der Waals surface area (Å²) in [5.41, 5.74) is 0. The first-order chi connectivity index (χ1) is 8.24. The van der Waals surface area contributed by atoms with Gasteiger partial charge in [-0.15, -0.1) is 11.3 Å². The highest BCUT2D eigenvalue weighted by Crippen LogP contribution is 2.17. The Morgan fingerprint density at radius 3 is 2.94 bits per heavy atom. The van der Waals surface area contributed by atoms with Gasteiger partial charge in [-0.25, -0.2) is 0 Å². The summed E-state index contributed by atoms with van der Waals surface area (Å²) in [7, 11) is 1.99. The van der Waals surface area contributed by atoms with Crippen LogP contribution in [0.2, 0.25) is 0 Å². The number of rotatable bonds is 5. The molecule has 0 aromatic carbocycles. The van der Waals surface area contributed by atoms with E-state index in [1.807, 2.05) is 13.1 Å². The van der Waals surface area contributed by atoms with Gasteiger partial charge in [0, 0.05) is 17.5 Å². The summed E-state index contributed by atoms with van der Waals surface area (Å²) in [6.45, 7) is 1.35. The predicted molar refractivity (Wildman–Crippen MR) is 71.1 cm³/mol. The monoisotopic (exact) mass is 252 g/mol. The minimum absolute atomic E-state index is 0.163. The fraction of sp³-hybridized carbons (Fsp3) is 0.615. The molecule has 1 fully saturated rings. The Labute approximate surface area is 107 Å². The molecule has 1 aromatic rings. The number of nitrogens with one attached hydrogen (secondary N) is 1. The molecule has 1 N–H and O–H groups in total. The van der Waals surface area contributed by atoms with Gasteiger partial charge < -0.3 is 5.32 Å². The van der Waals surface area contributed by atoms with Crippen molar-refractivity contribution in [1.29, 1.82) is 0 Å². The maximum atomic E-state index is 11.8. The summed E-state index contributed by atoms with van der Waals surface area (Å²) < 4.78 is 0. The van der Waals surface area contributed by atoms with E-state index in [4.69, 9.17) is 0 Å². The Morgan fingerprint density at radius 2 is 2.29 bits per heavy atom. The van der Waals surface area contributed by atoms with Crippen LogP contribution in [0, 0.1) is 0 Å². The Kier molecular flexibility index (Phi) is 4.57. The molecule has 17 heavy (non-hydrogen) atoms. The van der Waals surface area contributed by atoms with E-state index < -0.39 is 0 Å². The molecule has 1 aromatic heterocycles. The van der Waals surface area contributed by atoms with Gasteiger partial charge in [-0.3, -0.25) is 9.69 Å². The molecular formula is C13H20N2OS. The number of hydrogen-bond acceptors (Lipinski definition) is 3. The third-order valence-electron chi connectivity index (χ3n) is 3.14. The topological polar surface area (TPSA) is 32.3 Å². The van der Waals surface area contributed by atoms with Crippen LogP contribution in [-0.4, -0.2) is 30.4 Å². The molecule has 4 heteroatoms. The highest BCUT2D eigenvalue weighted by Gasteiger charge is 2.17. The Morgan fingerprint density at radius 1 is 1.53 bits per heavy atom. The number of hydrogen-bond donors (Lipinski definition) is 1. The predicted octanol–water partition coefficient (Wildman–Crippen LogP) is 2.24. The van der Waals surface area contributed by atoms with Crippen molar-refractivity contribution in [1.82, 2.24) is 10.2 Å². The van der Waals surface area contributed by atoms with E-state index in [0.717, 1.165) is 19.4 Å². The Hall–Kier alpha value is -0.870. The van der Waals surface area contributed by atoms with Gasteiger partial charge in [0.2, 0.25) is 5.91 Å². The average Bonchev–Trinajstić information content (AvgIpc) is 2.90. The van der Waals surface area contributed by atoms with Crippen molar-refractivity contribution in [3.05, 3.63) is 22.4 Å². The number of thiophene rings is 1. The molecule has 1 aliphatic rings. The first-order valence-corrected chi connectivity index (χ1v) is 7.12. The molecule has 1 aliphatic carbocycles. The lowest BCUT2D eigenvalue weighted by Crippen LogP contribution is -2.39. The lowest BCUT2D eigenvalue weighted by atomic mass is 10.2. The molecule has 0 spiro atoms. The van der Waals surface area contributed by atoms with Crippen molar-refractivity contribution in [2.45, 2.75) is 38.3 Å². The summed E-state index contributed by atoms with van der Waals surface area (Å²) >= 11 is 1.74. The van der Waals surface area contributed by atoms with E-state index in [-0.39, 0.29) is 5.91 Å². The molecule has 2 rings (SSSR count). The normalized spacial score (nSPS) is 16.6. The minimum Gasteiger partial charge on any atom is -0.352 e. The molecule has 1 heterocycles. The van der Waals surface area contributed by atoms with Crippen molar-refractivity contribution >= 4 is 17.2 Å². The fourth-order valence-corrected chi connectivity index (χ4v) is 3.10. The smallest absolute Gasteiger partial charge is 0.234 e. The maximum absolute atomic E-state index is 11.8. The quantitative estimate of drug-likeness (QED) is 0.871.